The standard InChI is InChI=1S/C10H8S2/c11-9-5-3-8(4-6-9)10-2-1-7-12-10/h1-7,11H. The lowest BCUT2D eigenvalue weighted by atomic mass is 10.2. The van der Waals surface area contributed by atoms with E-state index in [-0.39, 0.29) is 0 Å². The minimum absolute atomic E-state index is 1.01. The van der Waals surface area contributed by atoms with Crippen LogP contribution in [0.4, 0.5) is 0 Å². The van der Waals surface area contributed by atoms with E-state index in [2.05, 4.69) is 42.3 Å². The quantitative estimate of drug-likeness (QED) is 0.654. The van der Waals surface area contributed by atoms with Gasteiger partial charge in [0, 0.05) is 9.77 Å². The van der Waals surface area contributed by atoms with Crippen molar-refractivity contribution in [2.24, 2.45) is 0 Å². The number of benzene rings is 1. The molecule has 1 aromatic carbocycles. The van der Waals surface area contributed by atoms with Gasteiger partial charge in [-0.15, -0.1) is 24.0 Å². The minimum atomic E-state index is 1.01. The van der Waals surface area contributed by atoms with Crippen LogP contribution in [0.1, 0.15) is 0 Å². The highest BCUT2D eigenvalue weighted by atomic mass is 32.1. The first-order chi connectivity index (χ1) is 5.86. The Balaban J connectivity index is 2.43. The van der Waals surface area contributed by atoms with E-state index >= 15 is 0 Å². The molecule has 0 unspecified atom stereocenters. The second-order valence-corrected chi connectivity index (χ2v) is 3.99. The molecule has 2 heteroatoms. The summed E-state index contributed by atoms with van der Waals surface area (Å²) in [6.45, 7) is 0. The summed E-state index contributed by atoms with van der Waals surface area (Å²) in [4.78, 5) is 2.32. The monoisotopic (exact) mass is 192 g/mol. The predicted molar refractivity (Wildman–Crippen MR) is 57.0 cm³/mol. The Hall–Kier alpha value is -0.730. The van der Waals surface area contributed by atoms with Gasteiger partial charge in [0.05, 0.1) is 0 Å². The van der Waals surface area contributed by atoms with Crippen LogP contribution < -0.4 is 0 Å². The van der Waals surface area contributed by atoms with E-state index in [9.17, 15) is 0 Å². The van der Waals surface area contributed by atoms with E-state index in [1.807, 2.05) is 12.1 Å². The molecular formula is C10H8S2. The van der Waals surface area contributed by atoms with Gasteiger partial charge in [-0.1, -0.05) is 18.2 Å². The molecule has 1 heterocycles. The van der Waals surface area contributed by atoms with Crippen LogP contribution in [0.25, 0.3) is 10.4 Å². The molecule has 0 aliphatic carbocycles. The van der Waals surface area contributed by atoms with Gasteiger partial charge in [0.2, 0.25) is 0 Å². The summed E-state index contributed by atoms with van der Waals surface area (Å²) >= 11 is 5.99. The van der Waals surface area contributed by atoms with E-state index in [1.165, 1.54) is 10.4 Å². The van der Waals surface area contributed by atoms with Crippen molar-refractivity contribution in [1.82, 2.24) is 0 Å². The molecule has 0 spiro atoms. The van der Waals surface area contributed by atoms with Crippen LogP contribution in [-0.2, 0) is 0 Å². The second kappa shape index (κ2) is 3.33. The average molecular weight is 192 g/mol. The first-order valence-corrected chi connectivity index (χ1v) is 5.02. The highest BCUT2D eigenvalue weighted by Gasteiger charge is 1.96. The van der Waals surface area contributed by atoms with Crippen molar-refractivity contribution in [2.45, 2.75) is 4.90 Å². The summed E-state index contributed by atoms with van der Waals surface area (Å²) < 4.78 is 0. The first-order valence-electron chi connectivity index (χ1n) is 3.69. The maximum Gasteiger partial charge on any atom is 0.0342 e. The van der Waals surface area contributed by atoms with Crippen molar-refractivity contribution >= 4 is 24.0 Å². The van der Waals surface area contributed by atoms with Crippen molar-refractivity contribution in [3.63, 3.8) is 0 Å². The van der Waals surface area contributed by atoms with Gasteiger partial charge in [-0.25, -0.2) is 0 Å². The van der Waals surface area contributed by atoms with Gasteiger partial charge < -0.3 is 0 Å². The van der Waals surface area contributed by atoms with Gasteiger partial charge in [0.15, 0.2) is 0 Å². The molecule has 0 saturated carbocycles. The molecule has 60 valence electrons. The molecule has 0 bridgehead atoms. The van der Waals surface area contributed by atoms with Crippen molar-refractivity contribution in [3.8, 4) is 10.4 Å². The van der Waals surface area contributed by atoms with Gasteiger partial charge in [-0.3, -0.25) is 0 Å². The predicted octanol–water partition coefficient (Wildman–Crippen LogP) is 3.70. The Morgan fingerprint density at radius 3 is 2.33 bits per heavy atom. The third kappa shape index (κ3) is 1.54. The number of hydrogen-bond acceptors (Lipinski definition) is 2. The lowest BCUT2D eigenvalue weighted by Crippen LogP contribution is -1.70. The van der Waals surface area contributed by atoms with E-state index in [1.54, 1.807) is 11.3 Å². The van der Waals surface area contributed by atoms with Crippen LogP contribution in [0, 0.1) is 0 Å². The van der Waals surface area contributed by atoms with E-state index in [0.717, 1.165) is 4.90 Å². The molecule has 0 saturated heterocycles. The normalized spacial score (nSPS) is 10.1. The Bertz CT molecular complexity index is 346. The molecular weight excluding hydrogens is 184 g/mol. The van der Waals surface area contributed by atoms with Crippen molar-refractivity contribution in [1.29, 1.82) is 0 Å². The largest absolute Gasteiger partial charge is 0.144 e. The molecule has 0 fully saturated rings. The van der Waals surface area contributed by atoms with Crippen LogP contribution in [0.3, 0.4) is 0 Å². The fourth-order valence-corrected chi connectivity index (χ4v) is 1.95. The number of hydrogen-bond donors (Lipinski definition) is 1. The molecule has 2 rings (SSSR count). The van der Waals surface area contributed by atoms with Crippen LogP contribution in [0.5, 0.6) is 0 Å². The van der Waals surface area contributed by atoms with Crippen molar-refractivity contribution < 1.29 is 0 Å². The van der Waals surface area contributed by atoms with Gasteiger partial charge in [0.1, 0.15) is 0 Å². The zero-order valence-electron chi connectivity index (χ0n) is 6.40. The molecule has 2 aromatic rings. The highest BCUT2D eigenvalue weighted by molar-refractivity contribution is 7.80. The van der Waals surface area contributed by atoms with Crippen LogP contribution in [0.2, 0.25) is 0 Å². The molecule has 0 nitrogen and oxygen atoms in total. The zero-order valence-corrected chi connectivity index (χ0v) is 8.11. The van der Waals surface area contributed by atoms with E-state index < -0.39 is 0 Å². The van der Waals surface area contributed by atoms with Crippen molar-refractivity contribution in [2.75, 3.05) is 0 Å². The van der Waals surface area contributed by atoms with Crippen LogP contribution in [0.15, 0.2) is 46.7 Å². The lowest BCUT2D eigenvalue weighted by molar-refractivity contribution is 1.48. The van der Waals surface area contributed by atoms with Crippen LogP contribution >= 0.6 is 24.0 Å². The summed E-state index contributed by atoms with van der Waals surface area (Å²) in [5, 5.41) is 2.09. The zero-order chi connectivity index (χ0) is 8.39. The lowest BCUT2D eigenvalue weighted by Gasteiger charge is -1.96. The second-order valence-electron chi connectivity index (χ2n) is 2.52. The fraction of sp³-hybridized carbons (Fsp3) is 0. The third-order valence-corrected chi connectivity index (χ3v) is 2.89. The van der Waals surface area contributed by atoms with E-state index in [4.69, 9.17) is 0 Å². The molecule has 1 aromatic heterocycles. The van der Waals surface area contributed by atoms with Gasteiger partial charge in [-0.2, -0.15) is 0 Å². The number of rotatable bonds is 1. The summed E-state index contributed by atoms with van der Waals surface area (Å²) in [7, 11) is 0. The molecule has 0 radical (unpaired) electrons. The Kier molecular flexibility index (Phi) is 2.19. The Labute approximate surface area is 81.3 Å². The van der Waals surface area contributed by atoms with E-state index in [0.29, 0.717) is 0 Å². The smallest absolute Gasteiger partial charge is 0.0342 e. The minimum Gasteiger partial charge on any atom is -0.144 e. The molecule has 0 amide bonds. The number of thiophene rings is 1. The molecule has 0 aliphatic heterocycles. The Morgan fingerprint density at radius 1 is 1.00 bits per heavy atom. The summed E-state index contributed by atoms with van der Waals surface area (Å²) in [6.07, 6.45) is 0. The summed E-state index contributed by atoms with van der Waals surface area (Å²) in [6, 6.07) is 12.4. The van der Waals surface area contributed by atoms with Crippen LogP contribution in [-0.4, -0.2) is 0 Å². The van der Waals surface area contributed by atoms with Gasteiger partial charge >= 0.3 is 0 Å². The average Bonchev–Trinajstić information content (AvgIpc) is 2.58. The SMILES string of the molecule is Sc1ccc(-c2cccs2)cc1. The van der Waals surface area contributed by atoms with Gasteiger partial charge in [0.25, 0.3) is 0 Å². The van der Waals surface area contributed by atoms with Crippen molar-refractivity contribution in [3.05, 3.63) is 41.8 Å². The molecule has 0 N–H and O–H groups in total. The molecule has 0 atom stereocenters. The molecule has 12 heavy (non-hydrogen) atoms. The fourth-order valence-electron chi connectivity index (χ4n) is 1.07. The topological polar surface area (TPSA) is 0 Å². The molecule has 0 aliphatic rings. The first kappa shape index (κ1) is 7.90. The van der Waals surface area contributed by atoms with Gasteiger partial charge in [-0.05, 0) is 29.1 Å². The summed E-state index contributed by atoms with van der Waals surface area (Å²) in [5.74, 6) is 0. The summed E-state index contributed by atoms with van der Waals surface area (Å²) in [5.41, 5.74) is 1.27. The third-order valence-electron chi connectivity index (χ3n) is 1.67. The highest BCUT2D eigenvalue weighted by Crippen LogP contribution is 2.25. The Morgan fingerprint density at radius 2 is 1.75 bits per heavy atom. The maximum absolute atomic E-state index is 4.23. The number of thiol groups is 1. The maximum atomic E-state index is 4.23.